The van der Waals surface area contributed by atoms with Crippen LogP contribution in [-0.4, -0.2) is 28.5 Å². The van der Waals surface area contributed by atoms with E-state index in [4.69, 9.17) is 0 Å². The maximum absolute atomic E-state index is 2.48. The molecule has 0 nitrogen and oxygen atoms in total. The average Bonchev–Trinajstić information content (AvgIpc) is 2.37. The third-order valence-corrected chi connectivity index (χ3v) is 13.3. The molecule has 0 saturated heterocycles. The van der Waals surface area contributed by atoms with Crippen LogP contribution in [0.4, 0.5) is 0 Å². The Morgan fingerprint density at radius 3 is 2.67 bits per heavy atom. The molecule has 0 radical (unpaired) electrons. The van der Waals surface area contributed by atoms with Crippen LogP contribution in [0.15, 0.2) is 17.5 Å². The molecule has 2 aromatic rings. The van der Waals surface area contributed by atoms with Gasteiger partial charge in [0.05, 0.1) is 0 Å². The number of hydrogen-bond donors (Lipinski definition) is 0. The topological polar surface area (TPSA) is 0 Å². The molecule has 0 aromatic carbocycles. The first-order valence-electron chi connectivity index (χ1n) is 4.05. The Balaban J connectivity index is 2.59. The summed E-state index contributed by atoms with van der Waals surface area (Å²) in [7, 11) is -0.960. The average molecular weight is 308 g/mol. The number of fused-ring (bicyclic) bond motifs is 1. The van der Waals surface area contributed by atoms with Crippen LogP contribution in [0.3, 0.4) is 0 Å². The molecule has 0 atom stereocenters. The number of thiophene rings is 1. The van der Waals surface area contributed by atoms with Crippen molar-refractivity contribution in [3.8, 4) is 0 Å². The summed E-state index contributed by atoms with van der Waals surface area (Å²) in [4.78, 5) is 0. The molecule has 12 heavy (non-hydrogen) atoms. The van der Waals surface area contributed by atoms with Crippen molar-refractivity contribution in [1.82, 2.24) is 0 Å². The minimum atomic E-state index is -0.960. The molecule has 64 valence electrons. The fourth-order valence-electron chi connectivity index (χ4n) is 1.14. The zero-order chi connectivity index (χ0) is 8.77. The molecule has 2 heterocycles. The van der Waals surface area contributed by atoms with E-state index in [0.717, 1.165) is 0 Å². The molecule has 0 aliphatic rings. The molecule has 0 aliphatic carbocycles. The van der Waals surface area contributed by atoms with E-state index >= 15 is 0 Å². The first-order valence-corrected chi connectivity index (χ1v) is 10.8. The third-order valence-electron chi connectivity index (χ3n) is 1.88. The summed E-state index contributed by atoms with van der Waals surface area (Å²) in [6.07, 6.45) is 0. The Bertz CT molecular complexity index is 365. The second kappa shape index (κ2) is 2.99. The fourth-order valence-corrected chi connectivity index (χ4v) is 9.42. The van der Waals surface area contributed by atoms with Crippen molar-refractivity contribution in [3.63, 3.8) is 0 Å². The van der Waals surface area contributed by atoms with E-state index in [1.165, 1.54) is 0 Å². The summed E-state index contributed by atoms with van der Waals surface area (Å²) >= 11 is 1.97. The Hall–Kier alpha value is 0.446. The van der Waals surface area contributed by atoms with Gasteiger partial charge in [0.15, 0.2) is 0 Å². The summed E-state index contributed by atoms with van der Waals surface area (Å²) in [6, 6.07) is 4.81. The first-order chi connectivity index (χ1) is 5.57. The fraction of sp³-hybridized carbons (Fsp3) is 0.333. The van der Waals surface area contributed by atoms with Gasteiger partial charge in [0.25, 0.3) is 0 Å². The molecule has 2 aromatic heterocycles. The molecule has 0 spiro atoms. The van der Waals surface area contributed by atoms with Crippen molar-refractivity contribution in [2.45, 2.75) is 19.6 Å². The van der Waals surface area contributed by atoms with E-state index in [0.29, 0.717) is 0 Å². The SMILES string of the molecule is C[Si](C)(C)c1cc2sccc2[te]1. The first kappa shape index (κ1) is 9.02. The molecular formula is C9H12SSiTe. The predicted molar refractivity (Wildman–Crippen MR) is 61.7 cm³/mol. The van der Waals surface area contributed by atoms with Crippen molar-refractivity contribution < 1.29 is 0 Å². The van der Waals surface area contributed by atoms with Crippen molar-refractivity contribution in [2.24, 2.45) is 0 Å². The number of hydrogen-bond acceptors (Lipinski definition) is 1. The van der Waals surface area contributed by atoms with Crippen LogP contribution in [0.25, 0.3) is 8.10 Å². The Morgan fingerprint density at radius 1 is 1.33 bits per heavy atom. The van der Waals surface area contributed by atoms with Gasteiger partial charge in [-0.3, -0.25) is 0 Å². The van der Waals surface area contributed by atoms with Crippen molar-refractivity contribution in [2.75, 3.05) is 0 Å². The summed E-state index contributed by atoms with van der Waals surface area (Å²) in [5, 5.41) is 2.23. The zero-order valence-electron chi connectivity index (χ0n) is 7.55. The van der Waals surface area contributed by atoms with E-state index in [2.05, 4.69) is 37.2 Å². The van der Waals surface area contributed by atoms with Crippen LogP contribution in [0, 0.1) is 0 Å². The van der Waals surface area contributed by atoms with Crippen LogP contribution in [0.2, 0.25) is 19.6 Å². The summed E-state index contributed by atoms with van der Waals surface area (Å²) in [5.41, 5.74) is 0. The van der Waals surface area contributed by atoms with E-state index in [1.54, 1.807) is 8.10 Å². The second-order valence-corrected chi connectivity index (χ2v) is 14.2. The zero-order valence-corrected chi connectivity index (χ0v) is 11.7. The van der Waals surface area contributed by atoms with Crippen LogP contribution in [-0.2, 0) is 0 Å². The monoisotopic (exact) mass is 310 g/mol. The molecule has 0 unspecified atom stereocenters. The summed E-state index contributed by atoms with van der Waals surface area (Å²) in [6.45, 7) is 7.38. The van der Waals surface area contributed by atoms with Crippen molar-refractivity contribution >= 4 is 51.1 Å². The molecule has 2 rings (SSSR count). The molecule has 0 amide bonds. The Kier molecular flexibility index (Phi) is 2.25. The van der Waals surface area contributed by atoms with Gasteiger partial charge in [-0.25, -0.2) is 0 Å². The van der Waals surface area contributed by atoms with Crippen molar-refractivity contribution in [1.29, 1.82) is 0 Å². The Labute approximate surface area is 87.9 Å². The van der Waals surface area contributed by atoms with E-state index in [1.807, 2.05) is 14.5 Å². The predicted octanol–water partition coefficient (Wildman–Crippen LogP) is 2.50. The summed E-state index contributed by atoms with van der Waals surface area (Å²) < 4.78 is 5.09. The maximum atomic E-state index is 2.48. The number of rotatable bonds is 1. The van der Waals surface area contributed by atoms with E-state index in [9.17, 15) is 0 Å². The minimum absolute atomic E-state index is 0.0571. The Morgan fingerprint density at radius 2 is 2.08 bits per heavy atom. The van der Waals surface area contributed by atoms with Gasteiger partial charge in [0, 0.05) is 0 Å². The van der Waals surface area contributed by atoms with E-state index < -0.39 is 8.07 Å². The van der Waals surface area contributed by atoms with Gasteiger partial charge in [-0.05, 0) is 0 Å². The van der Waals surface area contributed by atoms with Gasteiger partial charge in [0.1, 0.15) is 0 Å². The molecule has 0 aliphatic heterocycles. The van der Waals surface area contributed by atoms with Crippen LogP contribution >= 0.6 is 11.3 Å². The van der Waals surface area contributed by atoms with Gasteiger partial charge < -0.3 is 0 Å². The standard InChI is InChI=1S/C9H12SSiTe/c1-11(2,3)9-6-7-8(12-9)4-5-10-7/h4-6H,1-3H3. The second-order valence-electron chi connectivity index (χ2n) is 4.01. The van der Waals surface area contributed by atoms with Crippen LogP contribution < -0.4 is 3.20 Å². The van der Waals surface area contributed by atoms with Gasteiger partial charge in [-0.2, -0.15) is 0 Å². The third kappa shape index (κ3) is 1.56. The van der Waals surface area contributed by atoms with Gasteiger partial charge in [-0.15, -0.1) is 0 Å². The molecular weight excluding hydrogens is 296 g/mol. The van der Waals surface area contributed by atoms with Crippen molar-refractivity contribution in [3.05, 3.63) is 17.5 Å². The van der Waals surface area contributed by atoms with Crippen LogP contribution in [0.1, 0.15) is 0 Å². The van der Waals surface area contributed by atoms with E-state index in [-0.39, 0.29) is 20.4 Å². The van der Waals surface area contributed by atoms with Crippen LogP contribution in [0.5, 0.6) is 0 Å². The van der Waals surface area contributed by atoms with Gasteiger partial charge in [0.2, 0.25) is 0 Å². The molecule has 0 saturated carbocycles. The molecule has 0 fully saturated rings. The quantitative estimate of drug-likeness (QED) is 0.710. The normalized spacial score (nSPS) is 12.6. The molecule has 0 bridgehead atoms. The molecule has 3 heteroatoms. The molecule has 0 N–H and O–H groups in total. The van der Waals surface area contributed by atoms with Gasteiger partial charge >= 0.3 is 88.3 Å². The summed E-state index contributed by atoms with van der Waals surface area (Å²) in [5.74, 6) is 0. The van der Waals surface area contributed by atoms with Gasteiger partial charge in [-0.1, -0.05) is 0 Å².